The molecule has 2 aromatic rings. The fraction of sp³-hybridized carbons (Fsp3) is 0.375. The van der Waals surface area contributed by atoms with Crippen molar-refractivity contribution in [2.24, 2.45) is 0 Å². The first-order chi connectivity index (χ1) is 9.89. The van der Waals surface area contributed by atoms with Gasteiger partial charge in [0.15, 0.2) is 0 Å². The van der Waals surface area contributed by atoms with Gasteiger partial charge in [0.05, 0.1) is 5.52 Å². The van der Waals surface area contributed by atoms with Gasteiger partial charge in [0.2, 0.25) is 5.91 Å². The monoisotopic (exact) mass is 284 g/mol. The van der Waals surface area contributed by atoms with Crippen molar-refractivity contribution in [3.8, 4) is 0 Å². The number of fused-ring (bicyclic) bond motifs is 1. The number of benzene rings is 1. The van der Waals surface area contributed by atoms with Gasteiger partial charge in [-0.15, -0.1) is 0 Å². The van der Waals surface area contributed by atoms with E-state index in [1.165, 1.54) is 0 Å². The molecule has 0 spiro atoms. The Morgan fingerprint density at radius 3 is 2.86 bits per heavy atom. The summed E-state index contributed by atoms with van der Waals surface area (Å²) in [6, 6.07) is 7.74. The lowest BCUT2D eigenvalue weighted by atomic mass is 9.96. The number of hydrogen-bond donors (Lipinski definition) is 2. The zero-order valence-corrected chi connectivity index (χ0v) is 12.6. The van der Waals surface area contributed by atoms with E-state index in [4.69, 9.17) is 5.73 Å². The zero-order chi connectivity index (χ0) is 15.2. The van der Waals surface area contributed by atoms with E-state index in [0.717, 1.165) is 28.8 Å². The second-order valence-electron chi connectivity index (χ2n) is 6.03. The molecule has 1 aromatic heterocycles. The van der Waals surface area contributed by atoms with Crippen LogP contribution in [0.1, 0.15) is 19.5 Å². The maximum Gasteiger partial charge on any atom is 0.245 e. The molecule has 1 fully saturated rings. The van der Waals surface area contributed by atoms with Gasteiger partial charge >= 0.3 is 0 Å². The summed E-state index contributed by atoms with van der Waals surface area (Å²) >= 11 is 0. The predicted molar refractivity (Wildman–Crippen MR) is 85.3 cm³/mol. The smallest absolute Gasteiger partial charge is 0.245 e. The third-order valence-corrected chi connectivity index (χ3v) is 4.08. The minimum atomic E-state index is -0.594. The highest BCUT2D eigenvalue weighted by atomic mass is 16.2. The molecule has 5 heteroatoms. The van der Waals surface area contributed by atoms with Gasteiger partial charge in [0.1, 0.15) is 5.54 Å². The van der Waals surface area contributed by atoms with E-state index in [9.17, 15) is 4.79 Å². The summed E-state index contributed by atoms with van der Waals surface area (Å²) < 4.78 is 0. The summed E-state index contributed by atoms with van der Waals surface area (Å²) in [5.74, 6) is 0.0419. The molecule has 0 aliphatic carbocycles. The quantitative estimate of drug-likeness (QED) is 0.784. The zero-order valence-electron chi connectivity index (χ0n) is 12.6. The lowest BCUT2D eigenvalue weighted by Crippen LogP contribution is -2.62. The summed E-state index contributed by atoms with van der Waals surface area (Å²) in [5.41, 5.74) is 8.89. The number of anilines is 2. The summed E-state index contributed by atoms with van der Waals surface area (Å²) in [7, 11) is 0. The number of carbonyl (C=O) groups is 1. The van der Waals surface area contributed by atoms with Gasteiger partial charge in [-0.05, 0) is 45.0 Å². The SMILES string of the molecule is Cc1cc(N2CCNC(=O)C2(C)C)c2cc(N)ccc2n1. The number of hydrogen-bond acceptors (Lipinski definition) is 4. The third-order valence-electron chi connectivity index (χ3n) is 4.08. The van der Waals surface area contributed by atoms with Crippen LogP contribution in [0.5, 0.6) is 0 Å². The van der Waals surface area contributed by atoms with Crippen molar-refractivity contribution in [3.63, 3.8) is 0 Å². The topological polar surface area (TPSA) is 71.2 Å². The normalized spacial score (nSPS) is 17.9. The molecule has 2 heterocycles. The number of nitrogens with two attached hydrogens (primary N) is 1. The Balaban J connectivity index is 2.23. The molecular weight excluding hydrogens is 264 g/mol. The van der Waals surface area contributed by atoms with E-state index >= 15 is 0 Å². The van der Waals surface area contributed by atoms with Gasteiger partial charge in [-0.25, -0.2) is 0 Å². The third kappa shape index (κ3) is 2.18. The Bertz CT molecular complexity index is 724. The number of carbonyl (C=O) groups excluding carboxylic acids is 1. The molecule has 0 saturated carbocycles. The molecular formula is C16H20N4O. The number of piperazine rings is 1. The van der Waals surface area contributed by atoms with E-state index in [1.54, 1.807) is 0 Å². The lowest BCUT2D eigenvalue weighted by molar-refractivity contribution is -0.126. The fourth-order valence-corrected chi connectivity index (χ4v) is 2.90. The van der Waals surface area contributed by atoms with Crippen LogP contribution in [0, 0.1) is 6.92 Å². The highest BCUT2D eigenvalue weighted by Gasteiger charge is 2.38. The van der Waals surface area contributed by atoms with E-state index in [0.29, 0.717) is 12.2 Å². The Kier molecular flexibility index (Phi) is 3.01. The Morgan fingerprint density at radius 2 is 2.10 bits per heavy atom. The van der Waals surface area contributed by atoms with E-state index in [2.05, 4.69) is 15.2 Å². The molecule has 3 rings (SSSR count). The molecule has 0 atom stereocenters. The minimum Gasteiger partial charge on any atom is -0.399 e. The number of nitrogens with zero attached hydrogens (tertiary/aromatic N) is 2. The van der Waals surface area contributed by atoms with E-state index < -0.39 is 5.54 Å². The molecule has 21 heavy (non-hydrogen) atoms. The van der Waals surface area contributed by atoms with Crippen molar-refractivity contribution >= 4 is 28.2 Å². The van der Waals surface area contributed by atoms with Gasteiger partial charge in [0, 0.05) is 35.5 Å². The van der Waals surface area contributed by atoms with Crippen LogP contribution in [0.4, 0.5) is 11.4 Å². The van der Waals surface area contributed by atoms with E-state index in [1.807, 2.05) is 45.0 Å². The van der Waals surface area contributed by atoms with Crippen molar-refractivity contribution < 1.29 is 4.79 Å². The molecule has 1 aliphatic heterocycles. The second-order valence-corrected chi connectivity index (χ2v) is 6.03. The van der Waals surface area contributed by atoms with Crippen LogP contribution >= 0.6 is 0 Å². The Labute approximate surface area is 124 Å². The first kappa shape index (κ1) is 13.7. The number of aryl methyl sites for hydroxylation is 1. The number of nitrogens with one attached hydrogen (secondary N) is 1. The Morgan fingerprint density at radius 1 is 1.33 bits per heavy atom. The Hall–Kier alpha value is -2.30. The van der Waals surface area contributed by atoms with Crippen LogP contribution in [-0.2, 0) is 4.79 Å². The number of aromatic nitrogens is 1. The lowest BCUT2D eigenvalue weighted by Gasteiger charge is -2.43. The largest absolute Gasteiger partial charge is 0.399 e. The number of amides is 1. The maximum atomic E-state index is 12.2. The summed E-state index contributed by atoms with van der Waals surface area (Å²) in [6.07, 6.45) is 0. The van der Waals surface area contributed by atoms with Gasteiger partial charge in [-0.2, -0.15) is 0 Å². The van der Waals surface area contributed by atoms with Crippen LogP contribution < -0.4 is 16.0 Å². The van der Waals surface area contributed by atoms with Crippen molar-refractivity contribution in [2.75, 3.05) is 23.7 Å². The van der Waals surface area contributed by atoms with Gasteiger partial charge in [-0.3, -0.25) is 9.78 Å². The molecule has 0 unspecified atom stereocenters. The van der Waals surface area contributed by atoms with Crippen LogP contribution in [0.15, 0.2) is 24.3 Å². The van der Waals surface area contributed by atoms with Crippen molar-refractivity contribution in [2.45, 2.75) is 26.3 Å². The number of rotatable bonds is 1. The average Bonchev–Trinajstić information content (AvgIpc) is 2.42. The van der Waals surface area contributed by atoms with Crippen molar-refractivity contribution in [1.82, 2.24) is 10.3 Å². The van der Waals surface area contributed by atoms with Crippen LogP contribution in [0.3, 0.4) is 0 Å². The fourth-order valence-electron chi connectivity index (χ4n) is 2.90. The summed E-state index contributed by atoms with van der Waals surface area (Å²) in [6.45, 7) is 7.26. The highest BCUT2D eigenvalue weighted by molar-refractivity contribution is 5.98. The first-order valence-electron chi connectivity index (χ1n) is 7.12. The molecule has 1 aliphatic rings. The molecule has 1 saturated heterocycles. The predicted octanol–water partition coefficient (Wildman–Crippen LogP) is 1.84. The second kappa shape index (κ2) is 4.62. The molecule has 110 valence electrons. The average molecular weight is 284 g/mol. The molecule has 3 N–H and O–H groups in total. The summed E-state index contributed by atoms with van der Waals surface area (Å²) in [4.78, 5) is 18.9. The molecule has 1 aromatic carbocycles. The first-order valence-corrected chi connectivity index (χ1v) is 7.12. The van der Waals surface area contributed by atoms with Crippen LogP contribution in [0.2, 0.25) is 0 Å². The minimum absolute atomic E-state index is 0.0419. The van der Waals surface area contributed by atoms with Gasteiger partial charge in [0.25, 0.3) is 0 Å². The molecule has 0 radical (unpaired) electrons. The summed E-state index contributed by atoms with van der Waals surface area (Å²) in [5, 5.41) is 3.91. The van der Waals surface area contributed by atoms with Gasteiger partial charge in [-0.1, -0.05) is 0 Å². The standard InChI is InChI=1S/C16H20N4O/c1-10-8-14(12-9-11(17)4-5-13(12)19-10)20-7-6-18-15(21)16(20,2)3/h4-5,8-9H,6-7,17H2,1-3H3,(H,18,21). The molecule has 5 nitrogen and oxygen atoms in total. The number of pyridine rings is 1. The maximum absolute atomic E-state index is 12.2. The van der Waals surface area contributed by atoms with Crippen molar-refractivity contribution in [1.29, 1.82) is 0 Å². The van der Waals surface area contributed by atoms with Crippen molar-refractivity contribution in [3.05, 3.63) is 30.0 Å². The van der Waals surface area contributed by atoms with Gasteiger partial charge < -0.3 is 16.0 Å². The highest BCUT2D eigenvalue weighted by Crippen LogP contribution is 2.33. The van der Waals surface area contributed by atoms with E-state index in [-0.39, 0.29) is 5.91 Å². The van der Waals surface area contributed by atoms with Crippen LogP contribution in [0.25, 0.3) is 10.9 Å². The molecule has 1 amide bonds. The molecule has 0 bridgehead atoms. The van der Waals surface area contributed by atoms with Crippen LogP contribution in [-0.4, -0.2) is 29.5 Å². The number of nitrogen functional groups attached to an aromatic ring is 1.